The molecule has 1 saturated heterocycles. The van der Waals surface area contributed by atoms with Gasteiger partial charge in [-0.05, 0) is 43.4 Å². The number of aryl methyl sites for hydroxylation is 1. The Hall–Kier alpha value is -2.93. The lowest BCUT2D eigenvalue weighted by atomic mass is 10.1. The topological polar surface area (TPSA) is 64.7 Å². The molecule has 7 heteroatoms. The van der Waals surface area contributed by atoms with Crippen molar-refractivity contribution < 1.29 is 9.59 Å². The van der Waals surface area contributed by atoms with Crippen LogP contribution in [0.1, 0.15) is 29.3 Å². The average molecular weight is 411 g/mol. The first-order chi connectivity index (χ1) is 14.0. The molecule has 3 rings (SSSR count). The van der Waals surface area contributed by atoms with Gasteiger partial charge in [0.05, 0.1) is 11.4 Å². The maximum Gasteiger partial charge on any atom is 0.257 e. The van der Waals surface area contributed by atoms with Crippen LogP contribution < -0.4 is 15.5 Å². The van der Waals surface area contributed by atoms with Crippen LogP contribution in [-0.2, 0) is 4.79 Å². The van der Waals surface area contributed by atoms with Gasteiger partial charge in [-0.2, -0.15) is 0 Å². The third kappa shape index (κ3) is 5.32. The predicted octanol–water partition coefficient (Wildman–Crippen LogP) is 3.18. The quantitative estimate of drug-likeness (QED) is 0.758. The highest BCUT2D eigenvalue weighted by atomic mass is 32.1. The summed E-state index contributed by atoms with van der Waals surface area (Å²) >= 11 is 5.36. The SMILES string of the molecule is CCC(=O)N1CCN(c2ccccc2NC(=S)NC(=O)c2cccc(C)c2)CC1. The number of rotatable bonds is 4. The second-order valence-electron chi connectivity index (χ2n) is 7.02. The first-order valence-corrected chi connectivity index (χ1v) is 10.2. The maximum absolute atomic E-state index is 12.4. The Labute approximate surface area is 176 Å². The number of nitrogens with one attached hydrogen (secondary N) is 2. The van der Waals surface area contributed by atoms with Gasteiger partial charge in [0, 0.05) is 38.2 Å². The van der Waals surface area contributed by atoms with Gasteiger partial charge in [0.2, 0.25) is 5.91 Å². The number of para-hydroxylation sites is 2. The smallest absolute Gasteiger partial charge is 0.257 e. The molecule has 0 atom stereocenters. The normalized spacial score (nSPS) is 13.7. The summed E-state index contributed by atoms with van der Waals surface area (Å²) in [4.78, 5) is 28.5. The van der Waals surface area contributed by atoms with Gasteiger partial charge in [0.25, 0.3) is 5.91 Å². The van der Waals surface area contributed by atoms with E-state index in [1.165, 1.54) is 0 Å². The molecule has 0 spiro atoms. The molecule has 29 heavy (non-hydrogen) atoms. The number of piperazine rings is 1. The minimum Gasteiger partial charge on any atom is -0.366 e. The molecule has 0 saturated carbocycles. The fraction of sp³-hybridized carbons (Fsp3) is 0.318. The van der Waals surface area contributed by atoms with Crippen molar-refractivity contribution in [1.29, 1.82) is 0 Å². The number of nitrogens with zero attached hydrogens (tertiary/aromatic N) is 2. The van der Waals surface area contributed by atoms with Crippen molar-refractivity contribution >= 4 is 40.5 Å². The Morgan fingerprint density at radius 1 is 1.03 bits per heavy atom. The van der Waals surface area contributed by atoms with Crippen molar-refractivity contribution in [3.63, 3.8) is 0 Å². The molecule has 0 aromatic heterocycles. The monoisotopic (exact) mass is 410 g/mol. The number of carbonyl (C=O) groups is 2. The molecule has 0 aliphatic carbocycles. The molecule has 1 heterocycles. The summed E-state index contributed by atoms with van der Waals surface area (Å²) in [5.41, 5.74) is 3.42. The molecule has 1 aliphatic rings. The van der Waals surface area contributed by atoms with Crippen LogP contribution in [0.4, 0.5) is 11.4 Å². The summed E-state index contributed by atoms with van der Waals surface area (Å²) in [5, 5.41) is 6.14. The van der Waals surface area contributed by atoms with E-state index in [1.54, 1.807) is 6.07 Å². The van der Waals surface area contributed by atoms with E-state index in [2.05, 4.69) is 15.5 Å². The highest BCUT2D eigenvalue weighted by molar-refractivity contribution is 7.80. The summed E-state index contributed by atoms with van der Waals surface area (Å²) in [7, 11) is 0. The fourth-order valence-corrected chi connectivity index (χ4v) is 3.59. The molecule has 1 fully saturated rings. The van der Waals surface area contributed by atoms with Crippen molar-refractivity contribution in [3.05, 3.63) is 59.7 Å². The van der Waals surface area contributed by atoms with Gasteiger partial charge in [0.1, 0.15) is 0 Å². The number of hydrogen-bond donors (Lipinski definition) is 2. The number of hydrogen-bond acceptors (Lipinski definition) is 4. The Balaban J connectivity index is 1.64. The van der Waals surface area contributed by atoms with E-state index in [1.807, 2.05) is 61.2 Å². The van der Waals surface area contributed by atoms with Gasteiger partial charge in [0.15, 0.2) is 5.11 Å². The van der Waals surface area contributed by atoms with Crippen molar-refractivity contribution in [1.82, 2.24) is 10.2 Å². The predicted molar refractivity (Wildman–Crippen MR) is 120 cm³/mol. The fourth-order valence-electron chi connectivity index (χ4n) is 3.39. The summed E-state index contributed by atoms with van der Waals surface area (Å²) < 4.78 is 0. The van der Waals surface area contributed by atoms with Gasteiger partial charge in [-0.15, -0.1) is 0 Å². The first-order valence-electron chi connectivity index (χ1n) is 9.78. The van der Waals surface area contributed by atoms with E-state index in [4.69, 9.17) is 12.2 Å². The molecule has 2 aromatic carbocycles. The van der Waals surface area contributed by atoms with Gasteiger partial charge < -0.3 is 15.1 Å². The van der Waals surface area contributed by atoms with E-state index in [0.29, 0.717) is 25.1 Å². The van der Waals surface area contributed by atoms with Crippen molar-refractivity contribution in [3.8, 4) is 0 Å². The van der Waals surface area contributed by atoms with Crippen LogP contribution in [0.3, 0.4) is 0 Å². The molecule has 6 nitrogen and oxygen atoms in total. The lowest BCUT2D eigenvalue weighted by molar-refractivity contribution is -0.131. The summed E-state index contributed by atoms with van der Waals surface area (Å²) in [6.07, 6.45) is 0.535. The molecule has 1 aliphatic heterocycles. The molecule has 152 valence electrons. The maximum atomic E-state index is 12.4. The van der Waals surface area contributed by atoms with Crippen LogP contribution >= 0.6 is 12.2 Å². The van der Waals surface area contributed by atoms with Crippen molar-refractivity contribution in [2.75, 3.05) is 36.4 Å². The van der Waals surface area contributed by atoms with Gasteiger partial charge in [-0.3, -0.25) is 14.9 Å². The van der Waals surface area contributed by atoms with Gasteiger partial charge in [-0.1, -0.05) is 36.8 Å². The number of benzene rings is 2. The van der Waals surface area contributed by atoms with Gasteiger partial charge >= 0.3 is 0 Å². The largest absolute Gasteiger partial charge is 0.366 e. The highest BCUT2D eigenvalue weighted by Crippen LogP contribution is 2.26. The Morgan fingerprint density at radius 2 is 1.76 bits per heavy atom. The summed E-state index contributed by atoms with van der Waals surface area (Å²) in [6.45, 7) is 6.75. The number of carbonyl (C=O) groups excluding carboxylic acids is 2. The lowest BCUT2D eigenvalue weighted by Gasteiger charge is -2.37. The molecular weight excluding hydrogens is 384 g/mol. The highest BCUT2D eigenvalue weighted by Gasteiger charge is 2.22. The zero-order valence-electron chi connectivity index (χ0n) is 16.8. The molecular formula is C22H26N4O2S. The van der Waals surface area contributed by atoms with E-state index in [0.717, 1.165) is 30.0 Å². The van der Waals surface area contributed by atoms with Crippen molar-refractivity contribution in [2.24, 2.45) is 0 Å². The second-order valence-corrected chi connectivity index (χ2v) is 7.42. The van der Waals surface area contributed by atoms with Crippen LogP contribution in [0, 0.1) is 6.92 Å². The first kappa shape index (κ1) is 20.8. The Kier molecular flexibility index (Phi) is 6.82. The minimum atomic E-state index is -0.240. The summed E-state index contributed by atoms with van der Waals surface area (Å²) in [6, 6.07) is 15.2. The zero-order valence-corrected chi connectivity index (χ0v) is 17.6. The van der Waals surface area contributed by atoms with Crippen LogP contribution in [0.15, 0.2) is 48.5 Å². The third-order valence-corrected chi connectivity index (χ3v) is 5.14. The number of amides is 2. The standard InChI is InChI=1S/C22H26N4O2S/c1-3-20(27)26-13-11-25(12-14-26)19-10-5-4-9-18(19)23-22(29)24-21(28)17-8-6-7-16(2)15-17/h4-10,15H,3,11-14H2,1-2H3,(H2,23,24,28,29). The van der Waals surface area contributed by atoms with E-state index < -0.39 is 0 Å². The third-order valence-electron chi connectivity index (χ3n) is 4.94. The van der Waals surface area contributed by atoms with Crippen LogP contribution in [-0.4, -0.2) is 48.0 Å². The molecule has 0 radical (unpaired) electrons. The molecule has 0 bridgehead atoms. The number of thiocarbonyl (C=S) groups is 1. The van der Waals surface area contributed by atoms with Crippen molar-refractivity contribution in [2.45, 2.75) is 20.3 Å². The Bertz CT molecular complexity index is 907. The van der Waals surface area contributed by atoms with Crippen LogP contribution in [0.25, 0.3) is 0 Å². The Morgan fingerprint density at radius 3 is 2.45 bits per heavy atom. The van der Waals surface area contributed by atoms with E-state index in [-0.39, 0.29) is 16.9 Å². The molecule has 0 unspecified atom stereocenters. The average Bonchev–Trinajstić information content (AvgIpc) is 2.73. The van der Waals surface area contributed by atoms with Gasteiger partial charge in [-0.25, -0.2) is 0 Å². The second kappa shape index (κ2) is 9.52. The number of anilines is 2. The lowest BCUT2D eigenvalue weighted by Crippen LogP contribution is -2.48. The van der Waals surface area contributed by atoms with Crippen LogP contribution in [0.2, 0.25) is 0 Å². The molecule has 2 amide bonds. The zero-order chi connectivity index (χ0) is 20.8. The van der Waals surface area contributed by atoms with E-state index in [9.17, 15) is 9.59 Å². The minimum absolute atomic E-state index is 0.191. The summed E-state index contributed by atoms with van der Waals surface area (Å²) in [5.74, 6) is -0.0496. The molecule has 2 aromatic rings. The van der Waals surface area contributed by atoms with Crippen LogP contribution in [0.5, 0.6) is 0 Å². The molecule has 2 N–H and O–H groups in total. The van der Waals surface area contributed by atoms with E-state index >= 15 is 0 Å².